The number of rotatable bonds is 3. The van der Waals surface area contributed by atoms with E-state index in [2.05, 4.69) is 25.3 Å². The number of hydrogen-bond donors (Lipinski definition) is 3. The summed E-state index contributed by atoms with van der Waals surface area (Å²) in [7, 11) is 0. The lowest BCUT2D eigenvalue weighted by atomic mass is 10.2. The van der Waals surface area contributed by atoms with Crippen LogP contribution < -0.4 is 10.9 Å². The van der Waals surface area contributed by atoms with Gasteiger partial charge in [0.1, 0.15) is 12.2 Å². The molecule has 0 aliphatic heterocycles. The number of fused-ring (bicyclic) bond motifs is 2. The minimum Gasteiger partial charge on any atom is -0.423 e. The maximum atomic E-state index is 11.9. The molecule has 8 heteroatoms. The maximum Gasteiger partial charge on any atom is 0.286 e. The standard InChI is InChI=1S/C16H14N6O2/c1-9-15-12(6-14(23)22(24)16(15)19-8-18-9)17-7-13-20-10-4-2-3-5-11(10)21-13/h2-6,8,17,24H,7H2,1H3,(H,20,21). The Hall–Kier alpha value is -3.42. The van der Waals surface area contributed by atoms with Gasteiger partial charge in [-0.2, -0.15) is 0 Å². The summed E-state index contributed by atoms with van der Waals surface area (Å²) in [6.07, 6.45) is 1.31. The Bertz CT molecular complexity index is 1080. The second-order valence-corrected chi connectivity index (χ2v) is 5.42. The van der Waals surface area contributed by atoms with Crippen molar-refractivity contribution in [2.24, 2.45) is 0 Å². The summed E-state index contributed by atoms with van der Waals surface area (Å²) in [5.41, 5.74) is 2.65. The van der Waals surface area contributed by atoms with E-state index in [1.165, 1.54) is 12.4 Å². The molecule has 24 heavy (non-hydrogen) atoms. The number of nitrogens with zero attached hydrogens (tertiary/aromatic N) is 4. The summed E-state index contributed by atoms with van der Waals surface area (Å²) in [6.45, 7) is 2.19. The van der Waals surface area contributed by atoms with Crippen LogP contribution in [0.15, 0.2) is 41.5 Å². The van der Waals surface area contributed by atoms with Crippen LogP contribution in [0.1, 0.15) is 11.5 Å². The molecular weight excluding hydrogens is 308 g/mol. The zero-order valence-corrected chi connectivity index (χ0v) is 12.8. The van der Waals surface area contributed by atoms with E-state index in [4.69, 9.17) is 0 Å². The molecule has 3 aromatic heterocycles. The summed E-state index contributed by atoms with van der Waals surface area (Å²) in [6, 6.07) is 9.06. The topological polar surface area (TPSA) is 109 Å². The molecule has 4 aromatic rings. The molecule has 0 saturated heterocycles. The van der Waals surface area contributed by atoms with E-state index in [1.54, 1.807) is 6.92 Å². The van der Waals surface area contributed by atoms with Crippen molar-refractivity contribution in [1.29, 1.82) is 0 Å². The molecule has 0 spiro atoms. The van der Waals surface area contributed by atoms with Crippen molar-refractivity contribution < 1.29 is 5.21 Å². The Kier molecular flexibility index (Phi) is 3.16. The fourth-order valence-corrected chi connectivity index (χ4v) is 2.71. The van der Waals surface area contributed by atoms with Gasteiger partial charge in [-0.15, -0.1) is 4.73 Å². The molecule has 0 atom stereocenters. The predicted octanol–water partition coefficient (Wildman–Crippen LogP) is 1.83. The zero-order valence-electron chi connectivity index (χ0n) is 12.8. The van der Waals surface area contributed by atoms with Gasteiger partial charge in [0.15, 0.2) is 5.65 Å². The van der Waals surface area contributed by atoms with Crippen LogP contribution in [0.3, 0.4) is 0 Å². The first-order chi connectivity index (χ1) is 11.6. The molecule has 0 bridgehead atoms. The highest BCUT2D eigenvalue weighted by atomic mass is 16.5. The molecule has 0 amide bonds. The number of hydrogen-bond acceptors (Lipinski definition) is 6. The van der Waals surface area contributed by atoms with Gasteiger partial charge in [0, 0.05) is 6.07 Å². The van der Waals surface area contributed by atoms with Gasteiger partial charge in [-0.25, -0.2) is 15.0 Å². The number of para-hydroxylation sites is 2. The monoisotopic (exact) mass is 322 g/mol. The number of pyridine rings is 1. The number of aryl methyl sites for hydroxylation is 1. The van der Waals surface area contributed by atoms with Gasteiger partial charge < -0.3 is 15.5 Å². The van der Waals surface area contributed by atoms with E-state index in [1.807, 2.05) is 24.3 Å². The number of anilines is 1. The highest BCUT2D eigenvalue weighted by Crippen LogP contribution is 2.22. The van der Waals surface area contributed by atoms with Crippen LogP contribution in [-0.2, 0) is 6.54 Å². The lowest BCUT2D eigenvalue weighted by molar-refractivity contribution is 0.186. The van der Waals surface area contributed by atoms with Crippen molar-refractivity contribution in [2.45, 2.75) is 13.5 Å². The van der Waals surface area contributed by atoms with Gasteiger partial charge in [-0.05, 0) is 19.1 Å². The van der Waals surface area contributed by atoms with Crippen LogP contribution in [0, 0.1) is 6.92 Å². The summed E-state index contributed by atoms with van der Waals surface area (Å²) in [5, 5.41) is 13.6. The number of nitrogens with one attached hydrogen (secondary N) is 2. The van der Waals surface area contributed by atoms with Gasteiger partial charge >= 0.3 is 0 Å². The van der Waals surface area contributed by atoms with Gasteiger partial charge in [0.25, 0.3) is 5.56 Å². The van der Waals surface area contributed by atoms with E-state index in [-0.39, 0.29) is 5.65 Å². The average molecular weight is 322 g/mol. The molecule has 0 radical (unpaired) electrons. The third kappa shape index (κ3) is 2.24. The SMILES string of the molecule is Cc1ncnc2c1c(NCc1nc3ccccc3[nH]1)cc(=O)n2O. The average Bonchev–Trinajstić information content (AvgIpc) is 3.00. The minimum atomic E-state index is -0.562. The number of benzene rings is 1. The van der Waals surface area contributed by atoms with Crippen molar-refractivity contribution >= 4 is 27.8 Å². The van der Waals surface area contributed by atoms with Crippen molar-refractivity contribution in [3.8, 4) is 0 Å². The van der Waals surface area contributed by atoms with Gasteiger partial charge in [-0.3, -0.25) is 4.79 Å². The molecule has 8 nitrogen and oxygen atoms in total. The van der Waals surface area contributed by atoms with Gasteiger partial charge in [-0.1, -0.05) is 12.1 Å². The van der Waals surface area contributed by atoms with Crippen molar-refractivity contribution in [3.05, 3.63) is 58.5 Å². The summed E-state index contributed by atoms with van der Waals surface area (Å²) in [5.74, 6) is 0.743. The van der Waals surface area contributed by atoms with Gasteiger partial charge in [0.2, 0.25) is 0 Å². The first-order valence-corrected chi connectivity index (χ1v) is 7.37. The number of H-pyrrole nitrogens is 1. The Morgan fingerprint density at radius 1 is 1.29 bits per heavy atom. The van der Waals surface area contributed by atoms with Crippen LogP contribution in [0.25, 0.3) is 22.1 Å². The summed E-state index contributed by atoms with van der Waals surface area (Å²) < 4.78 is 0.524. The van der Waals surface area contributed by atoms with E-state index in [0.717, 1.165) is 16.9 Å². The van der Waals surface area contributed by atoms with Crippen molar-refractivity contribution in [1.82, 2.24) is 24.7 Å². The van der Waals surface area contributed by atoms with Crippen LogP contribution in [0.5, 0.6) is 0 Å². The first-order valence-electron chi connectivity index (χ1n) is 7.37. The quantitative estimate of drug-likeness (QED) is 0.497. The lowest BCUT2D eigenvalue weighted by Gasteiger charge is -2.11. The van der Waals surface area contributed by atoms with Crippen LogP contribution in [0.2, 0.25) is 0 Å². The molecule has 3 N–H and O–H groups in total. The van der Waals surface area contributed by atoms with E-state index < -0.39 is 5.56 Å². The van der Waals surface area contributed by atoms with Gasteiger partial charge in [0.05, 0.1) is 34.3 Å². The molecule has 120 valence electrons. The Labute approximate surface area is 135 Å². The molecule has 4 rings (SSSR count). The third-order valence-electron chi connectivity index (χ3n) is 3.85. The molecule has 3 heterocycles. The predicted molar refractivity (Wildman–Crippen MR) is 89.1 cm³/mol. The van der Waals surface area contributed by atoms with Crippen molar-refractivity contribution in [3.63, 3.8) is 0 Å². The largest absolute Gasteiger partial charge is 0.423 e. The molecule has 0 unspecified atom stereocenters. The van der Waals surface area contributed by atoms with Crippen LogP contribution in [0.4, 0.5) is 5.69 Å². The smallest absolute Gasteiger partial charge is 0.286 e. The first kappa shape index (κ1) is 14.2. The second kappa shape index (κ2) is 5.34. The molecule has 0 aliphatic carbocycles. The Balaban J connectivity index is 1.74. The highest BCUT2D eigenvalue weighted by molar-refractivity contribution is 5.90. The molecule has 0 fully saturated rings. The summed E-state index contributed by atoms with van der Waals surface area (Å²) >= 11 is 0. The number of imidazole rings is 1. The van der Waals surface area contributed by atoms with E-state index in [9.17, 15) is 10.0 Å². The maximum absolute atomic E-state index is 11.9. The Morgan fingerprint density at radius 2 is 2.12 bits per heavy atom. The molecule has 1 aromatic carbocycles. The summed E-state index contributed by atoms with van der Waals surface area (Å²) in [4.78, 5) is 27.7. The zero-order chi connectivity index (χ0) is 16.7. The normalized spacial score (nSPS) is 11.2. The van der Waals surface area contributed by atoms with E-state index >= 15 is 0 Å². The Morgan fingerprint density at radius 3 is 2.96 bits per heavy atom. The van der Waals surface area contributed by atoms with Crippen molar-refractivity contribution in [2.75, 3.05) is 5.32 Å². The van der Waals surface area contributed by atoms with Crippen LogP contribution in [-0.4, -0.2) is 29.9 Å². The second-order valence-electron chi connectivity index (χ2n) is 5.42. The molecule has 0 aliphatic rings. The highest BCUT2D eigenvalue weighted by Gasteiger charge is 2.13. The molecular formula is C16H14N6O2. The number of aromatic amines is 1. The minimum absolute atomic E-state index is 0.169. The third-order valence-corrected chi connectivity index (χ3v) is 3.85. The molecule has 0 saturated carbocycles. The van der Waals surface area contributed by atoms with E-state index in [0.29, 0.717) is 28.0 Å². The van der Waals surface area contributed by atoms with Crippen LogP contribution >= 0.6 is 0 Å². The fraction of sp³-hybridized carbons (Fsp3) is 0.125. The fourth-order valence-electron chi connectivity index (χ4n) is 2.71. The lowest BCUT2D eigenvalue weighted by Crippen LogP contribution is -2.20. The number of aromatic nitrogens is 5.